The molecule has 1 amide bonds. The number of hydrogen-bond acceptors (Lipinski definition) is 8. The van der Waals surface area contributed by atoms with Gasteiger partial charge in [0.1, 0.15) is 23.2 Å². The van der Waals surface area contributed by atoms with Gasteiger partial charge in [0.2, 0.25) is 5.76 Å². The van der Waals surface area contributed by atoms with Gasteiger partial charge in [-0.05, 0) is 52.0 Å². The van der Waals surface area contributed by atoms with Gasteiger partial charge in [-0.2, -0.15) is 10.2 Å². The van der Waals surface area contributed by atoms with E-state index in [1.54, 1.807) is 44.2 Å². The minimum Gasteiger partial charge on any atom is -0.457 e. The number of hydrogen-bond donors (Lipinski definition) is 1. The van der Waals surface area contributed by atoms with E-state index < -0.39 is 22.8 Å². The van der Waals surface area contributed by atoms with Crippen molar-refractivity contribution in [3.8, 4) is 5.75 Å². The Labute approximate surface area is 182 Å². The Kier molecular flexibility index (Phi) is 6.47. The number of carbonyl (C=O) groups excluding carboxylic acids is 2. The van der Waals surface area contributed by atoms with Crippen LogP contribution in [-0.2, 0) is 4.79 Å². The lowest BCUT2D eigenvalue weighted by atomic mass is 10.1. The number of rotatable bonds is 7. The molecule has 0 saturated heterocycles. The molecule has 0 spiro atoms. The number of carbonyl (C=O) groups is 2. The Hall–Kier alpha value is -4.28. The molecule has 1 N–H and O–H groups in total. The Morgan fingerprint density at radius 3 is 2.59 bits per heavy atom. The van der Waals surface area contributed by atoms with Gasteiger partial charge in [-0.25, -0.2) is 10.2 Å². The Morgan fingerprint density at radius 2 is 1.97 bits per heavy atom. The first-order valence-corrected chi connectivity index (χ1v) is 9.60. The SMILES string of the molecule is C/C(=N\NC(=O)C(C)n1nc(C)c([N+](=O)[O-])c1C)c1ccccc1OC(=O)c1ccco1. The fraction of sp³-hybridized carbons (Fsp3) is 0.238. The van der Waals surface area contributed by atoms with E-state index in [-0.39, 0.29) is 28.6 Å². The third-order valence-corrected chi connectivity index (χ3v) is 4.75. The standard InChI is InChI=1S/C21H21N5O6/c1-12(16-8-5-6-9-17(16)32-21(28)18-10-7-11-31-18)22-23-20(27)15(4)25-14(3)19(26(29)30)13(2)24-25/h5-11,15H,1-4H3,(H,23,27)/b22-12+. The predicted octanol–water partition coefficient (Wildman–Crippen LogP) is 3.32. The Bertz CT molecular complexity index is 1200. The molecule has 166 valence electrons. The number of hydrazone groups is 1. The van der Waals surface area contributed by atoms with Crippen molar-refractivity contribution >= 4 is 23.3 Å². The van der Waals surface area contributed by atoms with Crippen molar-refractivity contribution in [1.29, 1.82) is 0 Å². The van der Waals surface area contributed by atoms with Crippen molar-refractivity contribution in [2.24, 2.45) is 5.10 Å². The summed E-state index contributed by atoms with van der Waals surface area (Å²) < 4.78 is 11.7. The third-order valence-electron chi connectivity index (χ3n) is 4.75. The highest BCUT2D eigenvalue weighted by atomic mass is 16.6. The highest BCUT2D eigenvalue weighted by Crippen LogP contribution is 2.25. The van der Waals surface area contributed by atoms with Crippen LogP contribution in [0.1, 0.15) is 47.4 Å². The normalized spacial score (nSPS) is 12.3. The van der Waals surface area contributed by atoms with E-state index in [1.807, 2.05) is 0 Å². The van der Waals surface area contributed by atoms with Gasteiger partial charge in [0.15, 0.2) is 0 Å². The molecule has 0 bridgehead atoms. The second-order valence-electron chi connectivity index (χ2n) is 6.93. The van der Waals surface area contributed by atoms with E-state index in [9.17, 15) is 19.7 Å². The lowest BCUT2D eigenvalue weighted by molar-refractivity contribution is -0.386. The van der Waals surface area contributed by atoms with E-state index in [0.29, 0.717) is 11.3 Å². The monoisotopic (exact) mass is 439 g/mol. The van der Waals surface area contributed by atoms with Gasteiger partial charge in [0, 0.05) is 5.56 Å². The molecule has 0 fully saturated rings. The Morgan fingerprint density at radius 1 is 1.25 bits per heavy atom. The smallest absolute Gasteiger partial charge is 0.379 e. The molecule has 0 saturated carbocycles. The molecule has 0 aliphatic carbocycles. The number of amides is 1. The van der Waals surface area contributed by atoms with Crippen LogP contribution in [0.4, 0.5) is 5.69 Å². The summed E-state index contributed by atoms with van der Waals surface area (Å²) in [6, 6.07) is 8.92. The fourth-order valence-corrected chi connectivity index (χ4v) is 3.10. The van der Waals surface area contributed by atoms with Crippen molar-refractivity contribution in [2.75, 3.05) is 0 Å². The zero-order valence-electron chi connectivity index (χ0n) is 17.9. The minimum atomic E-state index is -0.842. The molecule has 3 rings (SSSR count). The van der Waals surface area contributed by atoms with Crippen LogP contribution in [0.15, 0.2) is 52.2 Å². The summed E-state index contributed by atoms with van der Waals surface area (Å²) in [6.45, 7) is 6.23. The number of nitrogens with zero attached hydrogens (tertiary/aromatic N) is 4. The first kappa shape index (κ1) is 22.4. The predicted molar refractivity (Wildman–Crippen MR) is 114 cm³/mol. The molecule has 11 nitrogen and oxygen atoms in total. The van der Waals surface area contributed by atoms with Crippen LogP contribution in [0.3, 0.4) is 0 Å². The maximum atomic E-state index is 12.6. The number of aromatic nitrogens is 2. The number of ether oxygens (including phenoxy) is 1. The maximum Gasteiger partial charge on any atom is 0.379 e. The van der Waals surface area contributed by atoms with Gasteiger partial charge in [-0.1, -0.05) is 12.1 Å². The quantitative estimate of drug-likeness (QED) is 0.196. The summed E-state index contributed by atoms with van der Waals surface area (Å²) in [4.78, 5) is 35.4. The van der Waals surface area contributed by atoms with E-state index >= 15 is 0 Å². The highest BCUT2D eigenvalue weighted by molar-refractivity contribution is 6.02. The van der Waals surface area contributed by atoms with Crippen LogP contribution in [0.5, 0.6) is 5.75 Å². The van der Waals surface area contributed by atoms with Crippen molar-refractivity contribution < 1.29 is 23.7 Å². The van der Waals surface area contributed by atoms with Crippen LogP contribution in [0, 0.1) is 24.0 Å². The van der Waals surface area contributed by atoms with E-state index in [0.717, 1.165) is 0 Å². The van der Waals surface area contributed by atoms with Crippen molar-refractivity contribution in [1.82, 2.24) is 15.2 Å². The zero-order valence-corrected chi connectivity index (χ0v) is 17.9. The van der Waals surface area contributed by atoms with Crippen LogP contribution in [-0.4, -0.2) is 32.3 Å². The molecule has 0 aliphatic rings. The van der Waals surface area contributed by atoms with Gasteiger partial charge in [0.05, 0.1) is 16.9 Å². The lowest BCUT2D eigenvalue weighted by Gasteiger charge is -2.13. The fourth-order valence-electron chi connectivity index (χ4n) is 3.10. The highest BCUT2D eigenvalue weighted by Gasteiger charge is 2.27. The topological polar surface area (TPSA) is 142 Å². The molecule has 0 aliphatic heterocycles. The van der Waals surface area contributed by atoms with Crippen LogP contribution >= 0.6 is 0 Å². The van der Waals surface area contributed by atoms with Crippen LogP contribution in [0.25, 0.3) is 0 Å². The molecule has 1 atom stereocenters. The van der Waals surface area contributed by atoms with Gasteiger partial charge < -0.3 is 9.15 Å². The van der Waals surface area contributed by atoms with Gasteiger partial charge in [0.25, 0.3) is 5.91 Å². The number of nitro groups is 1. The maximum absolute atomic E-state index is 12.6. The van der Waals surface area contributed by atoms with Crippen molar-refractivity contribution in [3.63, 3.8) is 0 Å². The summed E-state index contributed by atoms with van der Waals surface area (Å²) >= 11 is 0. The van der Waals surface area contributed by atoms with E-state index in [1.165, 1.54) is 30.9 Å². The number of nitrogens with one attached hydrogen (secondary N) is 1. The average Bonchev–Trinajstić information content (AvgIpc) is 3.39. The van der Waals surface area contributed by atoms with Crippen LogP contribution < -0.4 is 10.2 Å². The summed E-state index contributed by atoms with van der Waals surface area (Å²) in [5.74, 6) is -0.893. The number of esters is 1. The van der Waals surface area contributed by atoms with Crippen molar-refractivity contribution in [3.05, 3.63) is 75.5 Å². The first-order chi connectivity index (χ1) is 15.2. The molecule has 2 aromatic heterocycles. The third kappa shape index (κ3) is 4.56. The molecule has 1 aromatic carbocycles. The molecular formula is C21H21N5O6. The van der Waals surface area contributed by atoms with Crippen LogP contribution in [0.2, 0.25) is 0 Å². The second kappa shape index (κ2) is 9.25. The molecule has 0 radical (unpaired) electrons. The molecular weight excluding hydrogens is 418 g/mol. The minimum absolute atomic E-state index is 0.0514. The number of para-hydroxylation sites is 1. The lowest BCUT2D eigenvalue weighted by Crippen LogP contribution is -2.29. The van der Waals surface area contributed by atoms with E-state index in [2.05, 4.69) is 15.6 Å². The molecule has 2 heterocycles. The van der Waals surface area contributed by atoms with E-state index in [4.69, 9.17) is 9.15 Å². The summed E-state index contributed by atoms with van der Waals surface area (Å²) in [5.41, 5.74) is 3.66. The average molecular weight is 439 g/mol. The largest absolute Gasteiger partial charge is 0.457 e. The van der Waals surface area contributed by atoms with Gasteiger partial charge >= 0.3 is 11.7 Å². The molecule has 11 heteroatoms. The number of aryl methyl sites for hydroxylation is 1. The van der Waals surface area contributed by atoms with Crippen molar-refractivity contribution in [2.45, 2.75) is 33.7 Å². The van der Waals surface area contributed by atoms with Gasteiger partial charge in [-0.15, -0.1) is 0 Å². The number of furan rings is 1. The second-order valence-corrected chi connectivity index (χ2v) is 6.93. The summed E-state index contributed by atoms with van der Waals surface area (Å²) in [7, 11) is 0. The summed E-state index contributed by atoms with van der Waals surface area (Å²) in [6.07, 6.45) is 1.36. The number of benzene rings is 1. The molecule has 1 unspecified atom stereocenters. The first-order valence-electron chi connectivity index (χ1n) is 9.60. The zero-order chi connectivity index (χ0) is 23.4. The van der Waals surface area contributed by atoms with Gasteiger partial charge in [-0.3, -0.25) is 19.6 Å². The molecule has 3 aromatic rings. The molecule has 32 heavy (non-hydrogen) atoms. The Balaban J connectivity index is 1.76. The summed E-state index contributed by atoms with van der Waals surface area (Å²) in [5, 5.41) is 19.4.